The van der Waals surface area contributed by atoms with Crippen LogP contribution in [0.4, 0.5) is 0 Å². The van der Waals surface area contributed by atoms with Crippen LogP contribution in [-0.2, 0) is 5.41 Å². The Hall–Kier alpha value is -3.71. The fourth-order valence-corrected chi connectivity index (χ4v) is 3.83. The van der Waals surface area contributed by atoms with Crippen molar-refractivity contribution in [3.63, 3.8) is 0 Å². The SMILES string of the molecule is CC(/C=C(/C(=O)c1ccccc1)c1ccccc1)(c1ccccc1)c1ccccc1. The first-order valence-electron chi connectivity index (χ1n) is 10.2. The highest BCUT2D eigenvalue weighted by Gasteiger charge is 2.29. The van der Waals surface area contributed by atoms with Crippen LogP contribution in [0.5, 0.6) is 0 Å². The molecule has 0 aliphatic carbocycles. The highest BCUT2D eigenvalue weighted by molar-refractivity contribution is 6.29. The zero-order valence-corrected chi connectivity index (χ0v) is 17.0. The van der Waals surface area contributed by atoms with Gasteiger partial charge in [-0.05, 0) is 23.6 Å². The van der Waals surface area contributed by atoms with Crippen molar-refractivity contribution in [2.45, 2.75) is 12.3 Å². The molecule has 4 aromatic carbocycles. The molecule has 0 radical (unpaired) electrons. The normalized spacial score (nSPS) is 11.8. The van der Waals surface area contributed by atoms with Gasteiger partial charge < -0.3 is 0 Å². The Morgan fingerprint density at radius 1 is 0.567 bits per heavy atom. The van der Waals surface area contributed by atoms with Gasteiger partial charge in [0.1, 0.15) is 0 Å². The molecule has 0 aromatic heterocycles. The van der Waals surface area contributed by atoms with Gasteiger partial charge in [0.05, 0.1) is 0 Å². The first-order valence-corrected chi connectivity index (χ1v) is 10.2. The predicted molar refractivity (Wildman–Crippen MR) is 125 cm³/mol. The van der Waals surface area contributed by atoms with Gasteiger partial charge in [-0.2, -0.15) is 0 Å². The molecular formula is C29H24O. The average Bonchev–Trinajstić information content (AvgIpc) is 2.84. The van der Waals surface area contributed by atoms with E-state index < -0.39 is 5.41 Å². The van der Waals surface area contributed by atoms with E-state index in [-0.39, 0.29) is 5.78 Å². The molecule has 1 heteroatoms. The van der Waals surface area contributed by atoms with Gasteiger partial charge in [-0.25, -0.2) is 0 Å². The van der Waals surface area contributed by atoms with Crippen LogP contribution in [0.1, 0.15) is 34.0 Å². The Morgan fingerprint density at radius 3 is 1.37 bits per heavy atom. The predicted octanol–water partition coefficient (Wildman–Crippen LogP) is 6.96. The number of hydrogen-bond acceptors (Lipinski definition) is 1. The monoisotopic (exact) mass is 388 g/mol. The zero-order valence-electron chi connectivity index (χ0n) is 17.0. The number of allylic oxidation sites excluding steroid dienone is 2. The maximum atomic E-state index is 13.6. The van der Waals surface area contributed by atoms with E-state index >= 15 is 0 Å². The second-order valence-corrected chi connectivity index (χ2v) is 7.55. The Bertz CT molecular complexity index is 1090. The highest BCUT2D eigenvalue weighted by atomic mass is 16.1. The molecule has 0 unspecified atom stereocenters. The Kier molecular flexibility index (Phi) is 5.72. The number of carbonyl (C=O) groups excluding carboxylic acids is 1. The molecular weight excluding hydrogens is 364 g/mol. The molecule has 0 saturated heterocycles. The summed E-state index contributed by atoms with van der Waals surface area (Å²) in [6.45, 7) is 2.18. The van der Waals surface area contributed by atoms with E-state index in [9.17, 15) is 4.79 Å². The molecule has 0 aliphatic heterocycles. The molecule has 1 nitrogen and oxygen atoms in total. The average molecular weight is 389 g/mol. The van der Waals surface area contributed by atoms with Crippen molar-refractivity contribution in [2.24, 2.45) is 0 Å². The third-order valence-electron chi connectivity index (χ3n) is 5.55. The van der Waals surface area contributed by atoms with Gasteiger partial charge in [0.15, 0.2) is 5.78 Å². The molecule has 0 bridgehead atoms. The second-order valence-electron chi connectivity index (χ2n) is 7.55. The number of hydrogen-bond donors (Lipinski definition) is 0. The maximum absolute atomic E-state index is 13.6. The second kappa shape index (κ2) is 8.75. The van der Waals surface area contributed by atoms with Crippen LogP contribution in [0.25, 0.3) is 5.57 Å². The van der Waals surface area contributed by atoms with Gasteiger partial charge in [0.25, 0.3) is 0 Å². The van der Waals surface area contributed by atoms with Crippen molar-refractivity contribution in [3.05, 3.63) is 150 Å². The van der Waals surface area contributed by atoms with Crippen LogP contribution in [-0.4, -0.2) is 5.78 Å². The maximum Gasteiger partial charge on any atom is 0.193 e. The van der Waals surface area contributed by atoms with Crippen molar-refractivity contribution in [3.8, 4) is 0 Å². The van der Waals surface area contributed by atoms with Gasteiger partial charge in [0, 0.05) is 16.6 Å². The summed E-state index contributed by atoms with van der Waals surface area (Å²) in [5.41, 5.74) is 4.14. The standard InChI is InChI=1S/C29H24O/c1-29(25-18-10-4-11-19-25,26-20-12-5-13-21-26)22-27(23-14-6-2-7-15-23)28(30)24-16-8-3-9-17-24/h2-22H,1H3/b27-22+. The first kappa shape index (κ1) is 19.6. The zero-order chi connectivity index (χ0) is 20.8. The van der Waals surface area contributed by atoms with E-state index in [4.69, 9.17) is 0 Å². The molecule has 4 aromatic rings. The molecule has 146 valence electrons. The molecule has 0 heterocycles. The van der Waals surface area contributed by atoms with Crippen LogP contribution in [0.2, 0.25) is 0 Å². The van der Waals surface area contributed by atoms with Crippen molar-refractivity contribution in [2.75, 3.05) is 0 Å². The van der Waals surface area contributed by atoms with Crippen LogP contribution < -0.4 is 0 Å². The van der Waals surface area contributed by atoms with E-state index in [0.717, 1.165) is 16.7 Å². The van der Waals surface area contributed by atoms with E-state index in [0.29, 0.717) is 11.1 Å². The van der Waals surface area contributed by atoms with Gasteiger partial charge in [-0.15, -0.1) is 0 Å². The minimum atomic E-state index is -0.460. The Labute approximate surface area is 178 Å². The Balaban J connectivity index is 1.95. The smallest absolute Gasteiger partial charge is 0.193 e. The van der Waals surface area contributed by atoms with Crippen LogP contribution in [0.3, 0.4) is 0 Å². The Morgan fingerprint density at radius 2 is 0.933 bits per heavy atom. The summed E-state index contributed by atoms with van der Waals surface area (Å²) in [5.74, 6) is 0.0277. The largest absolute Gasteiger partial charge is 0.289 e. The lowest BCUT2D eigenvalue weighted by Gasteiger charge is -2.29. The summed E-state index contributed by atoms with van der Waals surface area (Å²) in [7, 11) is 0. The van der Waals surface area contributed by atoms with Crippen molar-refractivity contribution >= 4 is 11.4 Å². The molecule has 0 N–H and O–H groups in total. The van der Waals surface area contributed by atoms with Gasteiger partial charge in [-0.3, -0.25) is 4.79 Å². The first-order chi connectivity index (χ1) is 14.7. The quantitative estimate of drug-likeness (QED) is 0.258. The van der Waals surface area contributed by atoms with E-state index in [1.807, 2.05) is 97.1 Å². The fraction of sp³-hybridized carbons (Fsp3) is 0.0690. The minimum absolute atomic E-state index is 0.0277. The lowest BCUT2D eigenvalue weighted by molar-refractivity contribution is 0.105. The van der Waals surface area contributed by atoms with Crippen LogP contribution in [0, 0.1) is 0 Å². The number of ketones is 1. The number of benzene rings is 4. The van der Waals surface area contributed by atoms with E-state index in [1.165, 1.54) is 0 Å². The topological polar surface area (TPSA) is 17.1 Å². The van der Waals surface area contributed by atoms with Crippen molar-refractivity contribution in [1.82, 2.24) is 0 Å². The molecule has 0 aliphatic rings. The van der Waals surface area contributed by atoms with E-state index in [1.54, 1.807) is 0 Å². The van der Waals surface area contributed by atoms with Crippen LogP contribution in [0.15, 0.2) is 127 Å². The molecule has 0 amide bonds. The lowest BCUT2D eigenvalue weighted by Crippen LogP contribution is -2.22. The summed E-state index contributed by atoms with van der Waals surface area (Å²) < 4.78 is 0. The van der Waals surface area contributed by atoms with Crippen molar-refractivity contribution < 1.29 is 4.79 Å². The lowest BCUT2D eigenvalue weighted by atomic mass is 9.74. The number of carbonyl (C=O) groups is 1. The summed E-state index contributed by atoms with van der Waals surface area (Å²) in [6.07, 6.45) is 2.13. The molecule has 0 saturated carbocycles. The molecule has 30 heavy (non-hydrogen) atoms. The molecule has 4 rings (SSSR count). The van der Waals surface area contributed by atoms with Crippen molar-refractivity contribution in [1.29, 1.82) is 0 Å². The van der Waals surface area contributed by atoms with Gasteiger partial charge >= 0.3 is 0 Å². The summed E-state index contributed by atoms with van der Waals surface area (Å²) >= 11 is 0. The third kappa shape index (κ3) is 4.01. The van der Waals surface area contributed by atoms with Gasteiger partial charge in [-0.1, -0.05) is 127 Å². The number of Topliss-reactive ketones (excluding diaryl/α,β-unsaturated/α-hetero) is 1. The fourth-order valence-electron chi connectivity index (χ4n) is 3.83. The summed E-state index contributed by atoms with van der Waals surface area (Å²) in [4.78, 5) is 13.6. The number of rotatable bonds is 6. The summed E-state index contributed by atoms with van der Waals surface area (Å²) in [5, 5.41) is 0. The molecule has 0 fully saturated rings. The summed E-state index contributed by atoms with van der Waals surface area (Å²) in [6, 6.07) is 40.2. The van der Waals surface area contributed by atoms with Crippen LogP contribution >= 0.6 is 0 Å². The van der Waals surface area contributed by atoms with Gasteiger partial charge in [0.2, 0.25) is 0 Å². The highest BCUT2D eigenvalue weighted by Crippen LogP contribution is 2.37. The molecule has 0 spiro atoms. The third-order valence-corrected chi connectivity index (χ3v) is 5.55. The molecule has 0 atom stereocenters. The minimum Gasteiger partial charge on any atom is -0.289 e. The van der Waals surface area contributed by atoms with E-state index in [2.05, 4.69) is 37.3 Å².